The van der Waals surface area contributed by atoms with E-state index in [1.165, 1.54) is 6.26 Å². The fourth-order valence-corrected chi connectivity index (χ4v) is 7.78. The average Bonchev–Trinajstić information content (AvgIpc) is 3.29. The van der Waals surface area contributed by atoms with Gasteiger partial charge in [-0.05, 0) is 82.1 Å². The van der Waals surface area contributed by atoms with E-state index in [1.54, 1.807) is 12.1 Å². The number of nitriles is 1. The first kappa shape index (κ1) is 35.0. The van der Waals surface area contributed by atoms with Gasteiger partial charge in [0.25, 0.3) is 0 Å². The molecule has 250 valence electrons. The van der Waals surface area contributed by atoms with Crippen LogP contribution >= 0.6 is 23.2 Å². The molecule has 1 fully saturated rings. The van der Waals surface area contributed by atoms with Crippen LogP contribution in [0.5, 0.6) is 5.75 Å². The maximum atomic E-state index is 15.0. The maximum Gasteiger partial charge on any atom is 0.326 e. The lowest BCUT2D eigenvalue weighted by Crippen LogP contribution is -2.62. The zero-order valence-corrected chi connectivity index (χ0v) is 29.6. The second-order valence-electron chi connectivity index (χ2n) is 12.6. The fraction of sp³-hybridized carbons (Fsp3) is 0.457. The Hall–Kier alpha value is -3.36. The maximum absolute atomic E-state index is 15.0. The molecular weight excluding hydrogens is 657 g/mol. The second-order valence-corrected chi connectivity index (χ2v) is 15.8. The highest BCUT2D eigenvalue weighted by Gasteiger charge is 2.61. The molecular formula is C35H41Cl2N5O4S. The van der Waals surface area contributed by atoms with Crippen LogP contribution in [-0.4, -0.2) is 91.9 Å². The lowest BCUT2D eigenvalue weighted by atomic mass is 9.66. The van der Waals surface area contributed by atoms with Gasteiger partial charge in [0, 0.05) is 48.4 Å². The summed E-state index contributed by atoms with van der Waals surface area (Å²) in [4.78, 5) is 26.3. The van der Waals surface area contributed by atoms with Crippen molar-refractivity contribution in [3.63, 3.8) is 0 Å². The van der Waals surface area contributed by atoms with Gasteiger partial charge in [-0.15, -0.1) is 0 Å². The number of piperazine rings is 1. The van der Waals surface area contributed by atoms with E-state index in [4.69, 9.17) is 32.9 Å². The Morgan fingerprint density at radius 1 is 1.11 bits per heavy atom. The highest BCUT2D eigenvalue weighted by molar-refractivity contribution is 7.90. The molecule has 9 nitrogen and oxygen atoms in total. The third kappa shape index (κ3) is 7.09. The standard InChI is InChI=1S/C35H41Cl2N5O4S/c1-5-46-31-23-25(24-38)7-16-30(31)32-39-34(2,26-8-12-28(36)13-9-26)35(3,27-10-14-29(37)15-11-27)42(32)33(43)41-20-18-40(19-21-41)17-6-22-47(4,44)45/h7-8,10-16,23,26H,5-6,9,17-22H2,1-4H3/t26?,34-,35+/m0/s1. The van der Waals surface area contributed by atoms with Crippen molar-refractivity contribution in [3.05, 3.63) is 87.4 Å². The number of urea groups is 1. The Labute approximate surface area is 288 Å². The number of rotatable bonds is 9. The first-order chi connectivity index (χ1) is 22.3. The third-order valence-electron chi connectivity index (χ3n) is 9.64. The quantitative estimate of drug-likeness (QED) is 0.308. The van der Waals surface area contributed by atoms with E-state index in [0.29, 0.717) is 84.9 Å². The summed E-state index contributed by atoms with van der Waals surface area (Å²) in [5.41, 5.74) is 0.0911. The summed E-state index contributed by atoms with van der Waals surface area (Å²) in [6, 6.07) is 14.8. The number of amides is 2. The molecule has 1 aliphatic carbocycles. The van der Waals surface area contributed by atoms with E-state index < -0.39 is 20.9 Å². The smallest absolute Gasteiger partial charge is 0.326 e. The minimum Gasteiger partial charge on any atom is -0.493 e. The van der Waals surface area contributed by atoms with Gasteiger partial charge in [-0.25, -0.2) is 13.2 Å². The Morgan fingerprint density at radius 2 is 1.81 bits per heavy atom. The summed E-state index contributed by atoms with van der Waals surface area (Å²) in [6.45, 7) is 9.24. The number of ether oxygens (including phenoxy) is 1. The molecule has 0 radical (unpaired) electrons. The molecule has 2 amide bonds. The monoisotopic (exact) mass is 697 g/mol. The van der Waals surface area contributed by atoms with Crippen molar-refractivity contribution in [1.29, 1.82) is 5.26 Å². The summed E-state index contributed by atoms with van der Waals surface area (Å²) in [5.74, 6) is 0.968. The van der Waals surface area contributed by atoms with Gasteiger partial charge < -0.3 is 9.64 Å². The number of sulfone groups is 1. The van der Waals surface area contributed by atoms with Crippen LogP contribution < -0.4 is 4.74 Å². The van der Waals surface area contributed by atoms with E-state index in [2.05, 4.69) is 30.9 Å². The van der Waals surface area contributed by atoms with Gasteiger partial charge in [-0.1, -0.05) is 47.5 Å². The van der Waals surface area contributed by atoms with E-state index in [-0.39, 0.29) is 17.7 Å². The minimum absolute atomic E-state index is 0.112. The van der Waals surface area contributed by atoms with Gasteiger partial charge in [-0.2, -0.15) is 5.26 Å². The molecule has 2 aliphatic heterocycles. The van der Waals surface area contributed by atoms with E-state index in [1.807, 2.05) is 59.2 Å². The molecule has 0 N–H and O–H groups in total. The molecule has 3 atom stereocenters. The zero-order valence-electron chi connectivity index (χ0n) is 27.2. The normalized spacial score (nSPS) is 24.9. The Morgan fingerprint density at radius 3 is 2.40 bits per heavy atom. The molecule has 47 heavy (non-hydrogen) atoms. The van der Waals surface area contributed by atoms with Gasteiger partial charge >= 0.3 is 6.03 Å². The number of aliphatic imine (C=N–C) groups is 1. The van der Waals surface area contributed by atoms with Crippen molar-refractivity contribution in [2.75, 3.05) is 51.3 Å². The van der Waals surface area contributed by atoms with Crippen LogP contribution in [0.25, 0.3) is 0 Å². The summed E-state index contributed by atoms with van der Waals surface area (Å²) < 4.78 is 29.4. The van der Waals surface area contributed by atoms with E-state index in [9.17, 15) is 13.7 Å². The molecule has 2 aromatic rings. The number of benzene rings is 2. The van der Waals surface area contributed by atoms with E-state index in [0.717, 1.165) is 5.56 Å². The molecule has 0 spiro atoms. The van der Waals surface area contributed by atoms with Crippen LogP contribution in [0.3, 0.4) is 0 Å². The predicted octanol–water partition coefficient (Wildman–Crippen LogP) is 6.22. The Kier molecular flexibility index (Phi) is 10.4. The highest BCUT2D eigenvalue weighted by Crippen LogP contribution is 2.53. The lowest BCUT2D eigenvalue weighted by molar-refractivity contribution is 0.0754. The van der Waals surface area contributed by atoms with Crippen LogP contribution in [0.2, 0.25) is 5.02 Å². The third-order valence-corrected chi connectivity index (χ3v) is 11.2. The molecule has 0 saturated carbocycles. The fourth-order valence-electron chi connectivity index (χ4n) is 6.84. The minimum atomic E-state index is -3.03. The number of hydrogen-bond acceptors (Lipinski definition) is 7. The van der Waals surface area contributed by atoms with Gasteiger partial charge in [0.2, 0.25) is 0 Å². The lowest BCUT2D eigenvalue weighted by Gasteiger charge is -2.49. The molecule has 0 bridgehead atoms. The molecule has 2 aromatic carbocycles. The largest absolute Gasteiger partial charge is 0.493 e. The van der Waals surface area contributed by atoms with Gasteiger partial charge in [0.1, 0.15) is 21.4 Å². The summed E-state index contributed by atoms with van der Waals surface area (Å²) in [7, 11) is -3.03. The average molecular weight is 699 g/mol. The van der Waals surface area contributed by atoms with Crippen molar-refractivity contribution < 1.29 is 17.9 Å². The Bertz CT molecular complexity index is 1750. The first-order valence-corrected chi connectivity index (χ1v) is 18.7. The number of amidine groups is 1. The summed E-state index contributed by atoms with van der Waals surface area (Å²) in [5, 5.41) is 10.9. The van der Waals surface area contributed by atoms with Crippen LogP contribution in [0.15, 0.2) is 70.7 Å². The SMILES string of the molecule is CCOc1cc(C#N)ccc1C1=N[C@@](C)(C2C=CC(Cl)=CC2)[C@@](C)(c2ccc(Cl)cc2)N1C(=O)N1CCN(CCCS(C)(=O)=O)CC1. The van der Waals surface area contributed by atoms with Crippen molar-refractivity contribution in [2.45, 2.75) is 44.7 Å². The van der Waals surface area contributed by atoms with Crippen LogP contribution in [-0.2, 0) is 15.4 Å². The van der Waals surface area contributed by atoms with Crippen molar-refractivity contribution in [2.24, 2.45) is 10.9 Å². The highest BCUT2D eigenvalue weighted by atomic mass is 35.5. The molecule has 12 heteroatoms. The van der Waals surface area contributed by atoms with Gasteiger partial charge in [0.05, 0.1) is 40.6 Å². The summed E-state index contributed by atoms with van der Waals surface area (Å²) >= 11 is 12.7. The van der Waals surface area contributed by atoms with Gasteiger partial charge in [-0.3, -0.25) is 14.8 Å². The number of allylic oxidation sites excluding steroid dienone is 3. The molecule has 0 aromatic heterocycles. The molecule has 5 rings (SSSR count). The number of carbonyl (C=O) groups excluding carboxylic acids is 1. The molecule has 1 saturated heterocycles. The van der Waals surface area contributed by atoms with Crippen LogP contribution in [0.4, 0.5) is 4.79 Å². The number of nitrogens with zero attached hydrogens (tertiary/aromatic N) is 5. The summed E-state index contributed by atoms with van der Waals surface area (Å²) in [6.07, 6.45) is 8.38. The zero-order chi connectivity index (χ0) is 34.0. The molecule has 2 heterocycles. The molecule has 3 aliphatic rings. The number of halogens is 2. The molecule has 1 unspecified atom stereocenters. The second kappa shape index (κ2) is 14.0. The van der Waals surface area contributed by atoms with Gasteiger partial charge in [0.15, 0.2) is 0 Å². The number of carbonyl (C=O) groups is 1. The van der Waals surface area contributed by atoms with Crippen molar-refractivity contribution >= 4 is 44.9 Å². The van der Waals surface area contributed by atoms with Crippen molar-refractivity contribution in [3.8, 4) is 11.8 Å². The van der Waals surface area contributed by atoms with Crippen LogP contribution in [0.1, 0.15) is 50.3 Å². The number of hydrogen-bond donors (Lipinski definition) is 0. The topological polar surface area (TPSA) is 106 Å². The van der Waals surface area contributed by atoms with Crippen LogP contribution in [0, 0.1) is 17.2 Å². The Balaban J connectivity index is 1.61. The first-order valence-electron chi connectivity index (χ1n) is 15.9. The van der Waals surface area contributed by atoms with Crippen molar-refractivity contribution in [1.82, 2.24) is 14.7 Å². The predicted molar refractivity (Wildman–Crippen MR) is 187 cm³/mol. The van der Waals surface area contributed by atoms with E-state index >= 15 is 4.79 Å².